The van der Waals surface area contributed by atoms with E-state index in [9.17, 15) is 9.59 Å². The minimum absolute atomic E-state index is 0.130. The van der Waals surface area contributed by atoms with Gasteiger partial charge in [-0.05, 0) is 25.1 Å². The quantitative estimate of drug-likeness (QED) is 0.685. The van der Waals surface area contributed by atoms with Gasteiger partial charge in [0.2, 0.25) is 11.8 Å². The molecular formula is C12H16ClN3O2. The Morgan fingerprint density at radius 2 is 1.67 bits per heavy atom. The van der Waals surface area contributed by atoms with Crippen LogP contribution >= 0.6 is 11.6 Å². The highest BCUT2D eigenvalue weighted by Crippen LogP contribution is 2.21. The van der Waals surface area contributed by atoms with Crippen molar-refractivity contribution in [3.8, 4) is 0 Å². The molecule has 4 N–H and O–H groups in total. The van der Waals surface area contributed by atoms with Gasteiger partial charge >= 0.3 is 0 Å². The van der Waals surface area contributed by atoms with Crippen molar-refractivity contribution in [2.75, 3.05) is 23.1 Å². The molecular weight excluding hydrogens is 254 g/mol. The first-order chi connectivity index (χ1) is 8.67. The maximum atomic E-state index is 11.6. The van der Waals surface area contributed by atoms with Crippen LogP contribution < -0.4 is 16.4 Å². The van der Waals surface area contributed by atoms with Gasteiger partial charge in [-0.25, -0.2) is 0 Å². The standard InChI is InChI=1S/C12H16ClN3O2/c13-8-12(18)16-10-5-2-1-4-9(10)15-11(17)6-3-7-14/h1-2,4-5H,3,6-8,14H2,(H,15,17)(H,16,18). The number of halogens is 1. The second-order valence-electron chi connectivity index (χ2n) is 3.67. The number of carbonyl (C=O) groups is 2. The highest BCUT2D eigenvalue weighted by molar-refractivity contribution is 6.29. The van der Waals surface area contributed by atoms with Crippen molar-refractivity contribution >= 4 is 34.8 Å². The van der Waals surface area contributed by atoms with Crippen LogP contribution in [0.2, 0.25) is 0 Å². The van der Waals surface area contributed by atoms with E-state index in [0.717, 1.165) is 0 Å². The molecule has 0 aromatic heterocycles. The molecule has 0 spiro atoms. The largest absolute Gasteiger partial charge is 0.330 e. The minimum atomic E-state index is -0.319. The third kappa shape index (κ3) is 4.73. The Bertz CT molecular complexity index is 424. The molecule has 0 aliphatic carbocycles. The molecule has 18 heavy (non-hydrogen) atoms. The molecule has 0 aliphatic heterocycles. The normalized spacial score (nSPS) is 9.89. The molecule has 1 aromatic carbocycles. The van der Waals surface area contributed by atoms with E-state index in [2.05, 4.69) is 10.6 Å². The molecule has 5 nitrogen and oxygen atoms in total. The van der Waals surface area contributed by atoms with Crippen LogP contribution in [0.3, 0.4) is 0 Å². The number of nitrogens with one attached hydrogen (secondary N) is 2. The van der Waals surface area contributed by atoms with E-state index in [0.29, 0.717) is 30.8 Å². The summed E-state index contributed by atoms with van der Waals surface area (Å²) in [7, 11) is 0. The highest BCUT2D eigenvalue weighted by Gasteiger charge is 2.08. The average molecular weight is 270 g/mol. The van der Waals surface area contributed by atoms with E-state index in [4.69, 9.17) is 17.3 Å². The van der Waals surface area contributed by atoms with Crippen molar-refractivity contribution in [3.05, 3.63) is 24.3 Å². The van der Waals surface area contributed by atoms with Crippen LogP contribution in [-0.4, -0.2) is 24.2 Å². The second-order valence-corrected chi connectivity index (χ2v) is 3.94. The summed E-state index contributed by atoms with van der Waals surface area (Å²) in [5.74, 6) is -0.580. The third-order valence-corrected chi connectivity index (χ3v) is 2.45. The summed E-state index contributed by atoms with van der Waals surface area (Å²) in [5.41, 5.74) is 6.42. The molecule has 0 heterocycles. The average Bonchev–Trinajstić information content (AvgIpc) is 2.38. The maximum absolute atomic E-state index is 11.6. The Kier molecular flexibility index (Phi) is 6.18. The number of para-hydroxylation sites is 2. The van der Waals surface area contributed by atoms with Gasteiger partial charge in [-0.2, -0.15) is 0 Å². The van der Waals surface area contributed by atoms with E-state index in [1.165, 1.54) is 0 Å². The first kappa shape index (κ1) is 14.5. The monoisotopic (exact) mass is 269 g/mol. The van der Waals surface area contributed by atoms with Crippen LogP contribution in [0.4, 0.5) is 11.4 Å². The minimum Gasteiger partial charge on any atom is -0.330 e. The Morgan fingerprint density at radius 1 is 1.11 bits per heavy atom. The Balaban J connectivity index is 2.69. The fourth-order valence-electron chi connectivity index (χ4n) is 1.36. The fourth-order valence-corrected chi connectivity index (χ4v) is 1.43. The van der Waals surface area contributed by atoms with E-state index >= 15 is 0 Å². The van der Waals surface area contributed by atoms with Crippen LogP contribution in [0.25, 0.3) is 0 Å². The van der Waals surface area contributed by atoms with Gasteiger partial charge in [0.15, 0.2) is 0 Å². The van der Waals surface area contributed by atoms with Crippen LogP contribution in [0.5, 0.6) is 0 Å². The molecule has 0 saturated heterocycles. The van der Waals surface area contributed by atoms with Crippen LogP contribution in [-0.2, 0) is 9.59 Å². The molecule has 2 amide bonds. The molecule has 0 unspecified atom stereocenters. The summed E-state index contributed by atoms with van der Waals surface area (Å²) >= 11 is 5.42. The van der Waals surface area contributed by atoms with Gasteiger partial charge < -0.3 is 16.4 Å². The zero-order chi connectivity index (χ0) is 13.4. The van der Waals surface area contributed by atoms with E-state index in [-0.39, 0.29) is 17.7 Å². The summed E-state index contributed by atoms with van der Waals surface area (Å²) in [4.78, 5) is 22.8. The number of nitrogens with two attached hydrogens (primary N) is 1. The Hall–Kier alpha value is -1.59. The number of amides is 2. The van der Waals surface area contributed by atoms with Gasteiger partial charge in [-0.3, -0.25) is 9.59 Å². The first-order valence-corrected chi connectivity index (χ1v) is 6.15. The smallest absolute Gasteiger partial charge is 0.239 e. The molecule has 1 rings (SSSR count). The van der Waals surface area contributed by atoms with Crippen LogP contribution in [0, 0.1) is 0 Å². The number of hydrogen-bond acceptors (Lipinski definition) is 3. The lowest BCUT2D eigenvalue weighted by atomic mass is 10.2. The number of alkyl halides is 1. The third-order valence-electron chi connectivity index (χ3n) is 2.20. The van der Waals surface area contributed by atoms with Crippen molar-refractivity contribution in [3.63, 3.8) is 0 Å². The molecule has 0 radical (unpaired) electrons. The zero-order valence-corrected chi connectivity index (χ0v) is 10.7. The predicted octanol–water partition coefficient (Wildman–Crippen LogP) is 1.54. The molecule has 1 aromatic rings. The van der Waals surface area contributed by atoms with Gasteiger partial charge in [-0.15, -0.1) is 11.6 Å². The molecule has 98 valence electrons. The van der Waals surface area contributed by atoms with Crippen LogP contribution in [0.1, 0.15) is 12.8 Å². The van der Waals surface area contributed by atoms with Gasteiger partial charge in [-0.1, -0.05) is 12.1 Å². The zero-order valence-electron chi connectivity index (χ0n) is 9.91. The van der Waals surface area contributed by atoms with Gasteiger partial charge in [0.25, 0.3) is 0 Å². The fraction of sp³-hybridized carbons (Fsp3) is 0.333. The van der Waals surface area contributed by atoms with Gasteiger partial charge in [0.05, 0.1) is 11.4 Å². The van der Waals surface area contributed by atoms with E-state index in [1.54, 1.807) is 24.3 Å². The lowest BCUT2D eigenvalue weighted by Gasteiger charge is -2.11. The van der Waals surface area contributed by atoms with E-state index in [1.807, 2.05) is 0 Å². The summed E-state index contributed by atoms with van der Waals surface area (Å²) in [6.07, 6.45) is 0.982. The molecule has 6 heteroatoms. The SMILES string of the molecule is NCCCC(=O)Nc1ccccc1NC(=O)CCl. The number of rotatable bonds is 6. The Labute approximate surface area is 111 Å². The van der Waals surface area contributed by atoms with Crippen molar-refractivity contribution in [1.82, 2.24) is 0 Å². The van der Waals surface area contributed by atoms with Gasteiger partial charge in [0, 0.05) is 6.42 Å². The number of hydrogen-bond donors (Lipinski definition) is 3. The lowest BCUT2D eigenvalue weighted by molar-refractivity contribution is -0.116. The van der Waals surface area contributed by atoms with Crippen molar-refractivity contribution in [2.45, 2.75) is 12.8 Å². The molecule has 0 aliphatic rings. The predicted molar refractivity (Wildman–Crippen MR) is 72.7 cm³/mol. The Morgan fingerprint density at radius 3 is 2.17 bits per heavy atom. The number of carbonyl (C=O) groups excluding carboxylic acids is 2. The molecule has 0 fully saturated rings. The van der Waals surface area contributed by atoms with Crippen molar-refractivity contribution in [2.24, 2.45) is 5.73 Å². The lowest BCUT2D eigenvalue weighted by Crippen LogP contribution is -2.17. The number of anilines is 2. The molecule has 0 atom stereocenters. The number of benzene rings is 1. The summed E-state index contributed by atoms with van der Waals surface area (Å²) in [6.45, 7) is 0.470. The molecule has 0 bridgehead atoms. The summed E-state index contributed by atoms with van der Waals surface area (Å²) < 4.78 is 0. The maximum Gasteiger partial charge on any atom is 0.239 e. The second kappa shape index (κ2) is 7.68. The summed E-state index contributed by atoms with van der Waals surface area (Å²) in [6, 6.07) is 6.95. The summed E-state index contributed by atoms with van der Waals surface area (Å²) in [5, 5.41) is 5.33. The van der Waals surface area contributed by atoms with Gasteiger partial charge in [0.1, 0.15) is 5.88 Å². The molecule has 0 saturated carbocycles. The van der Waals surface area contributed by atoms with E-state index < -0.39 is 0 Å². The van der Waals surface area contributed by atoms with Crippen molar-refractivity contribution < 1.29 is 9.59 Å². The first-order valence-electron chi connectivity index (χ1n) is 5.62. The highest BCUT2D eigenvalue weighted by atomic mass is 35.5. The van der Waals surface area contributed by atoms with Crippen LogP contribution in [0.15, 0.2) is 24.3 Å². The van der Waals surface area contributed by atoms with Crippen molar-refractivity contribution in [1.29, 1.82) is 0 Å². The topological polar surface area (TPSA) is 84.2 Å².